The zero-order valence-electron chi connectivity index (χ0n) is 16.2. The smallest absolute Gasteiger partial charge is 0.234 e. The molecule has 1 N–H and O–H groups in total. The Morgan fingerprint density at radius 2 is 1.66 bits per heavy atom. The summed E-state index contributed by atoms with van der Waals surface area (Å²) >= 11 is 16.4. The first kappa shape index (κ1) is 22.8. The van der Waals surface area contributed by atoms with Gasteiger partial charge in [-0.1, -0.05) is 50.9 Å². The molecule has 4 aromatic rings. The molecular formula is C22H14BrCl2FN4OS. The second kappa shape index (κ2) is 10.0. The number of halogens is 4. The van der Waals surface area contributed by atoms with Gasteiger partial charge in [0.05, 0.1) is 11.4 Å². The summed E-state index contributed by atoms with van der Waals surface area (Å²) in [5.74, 6) is -0.283. The van der Waals surface area contributed by atoms with Crippen LogP contribution in [0.4, 0.5) is 10.1 Å². The van der Waals surface area contributed by atoms with Crippen molar-refractivity contribution >= 4 is 62.5 Å². The van der Waals surface area contributed by atoms with Crippen LogP contribution in [0.3, 0.4) is 0 Å². The fourth-order valence-electron chi connectivity index (χ4n) is 2.88. The third-order valence-electron chi connectivity index (χ3n) is 4.36. The topological polar surface area (TPSA) is 59.8 Å². The van der Waals surface area contributed by atoms with Crippen molar-refractivity contribution in [3.05, 3.63) is 87.1 Å². The Labute approximate surface area is 206 Å². The number of rotatable bonds is 6. The summed E-state index contributed by atoms with van der Waals surface area (Å²) in [6, 6.07) is 18.9. The molecule has 1 amide bonds. The third-order valence-corrected chi connectivity index (χ3v) is 6.28. The van der Waals surface area contributed by atoms with E-state index in [1.807, 2.05) is 28.8 Å². The van der Waals surface area contributed by atoms with Gasteiger partial charge in [0, 0.05) is 25.8 Å². The van der Waals surface area contributed by atoms with Crippen LogP contribution < -0.4 is 5.32 Å². The van der Waals surface area contributed by atoms with Crippen molar-refractivity contribution < 1.29 is 9.18 Å². The molecule has 162 valence electrons. The standard InChI is InChI=1S/C22H14BrCl2FN4OS/c23-14-3-10-19(18(26)11-14)27-20(31)12-32-22-29-28-21(13-1-4-15(24)5-2-13)30(22)17-8-6-16(25)7-9-17/h1-11H,12H2,(H,27,31). The maximum absolute atomic E-state index is 14.0. The van der Waals surface area contributed by atoms with Crippen molar-refractivity contribution in [3.8, 4) is 17.1 Å². The number of thioether (sulfide) groups is 1. The van der Waals surface area contributed by atoms with Crippen LogP contribution in [-0.2, 0) is 4.79 Å². The van der Waals surface area contributed by atoms with Crippen LogP contribution in [0.1, 0.15) is 0 Å². The molecule has 5 nitrogen and oxygen atoms in total. The number of anilines is 1. The summed E-state index contributed by atoms with van der Waals surface area (Å²) in [5.41, 5.74) is 1.70. The summed E-state index contributed by atoms with van der Waals surface area (Å²) in [4.78, 5) is 12.4. The average molecular weight is 552 g/mol. The van der Waals surface area contributed by atoms with Gasteiger partial charge in [-0.25, -0.2) is 4.39 Å². The van der Waals surface area contributed by atoms with E-state index in [0.29, 0.717) is 25.5 Å². The van der Waals surface area contributed by atoms with E-state index < -0.39 is 5.82 Å². The van der Waals surface area contributed by atoms with Crippen LogP contribution in [0.2, 0.25) is 10.0 Å². The number of hydrogen-bond donors (Lipinski definition) is 1. The Morgan fingerprint density at radius 3 is 2.31 bits per heavy atom. The minimum atomic E-state index is -0.521. The number of benzene rings is 3. The van der Waals surface area contributed by atoms with E-state index in [0.717, 1.165) is 11.3 Å². The van der Waals surface area contributed by atoms with E-state index in [-0.39, 0.29) is 17.3 Å². The number of amides is 1. The second-order valence-electron chi connectivity index (χ2n) is 6.59. The largest absolute Gasteiger partial charge is 0.323 e. The minimum Gasteiger partial charge on any atom is -0.323 e. The molecule has 1 aromatic heterocycles. The molecule has 32 heavy (non-hydrogen) atoms. The molecule has 0 atom stereocenters. The molecule has 0 spiro atoms. The quantitative estimate of drug-likeness (QED) is 0.265. The Morgan fingerprint density at radius 1 is 1.00 bits per heavy atom. The van der Waals surface area contributed by atoms with Crippen molar-refractivity contribution in [2.45, 2.75) is 5.16 Å². The molecule has 0 bridgehead atoms. The molecule has 0 saturated carbocycles. The number of carbonyl (C=O) groups excluding carboxylic acids is 1. The van der Waals surface area contributed by atoms with Gasteiger partial charge in [0.25, 0.3) is 0 Å². The predicted octanol–water partition coefficient (Wildman–Crippen LogP) is 6.87. The lowest BCUT2D eigenvalue weighted by Gasteiger charge is -2.11. The third kappa shape index (κ3) is 5.32. The van der Waals surface area contributed by atoms with Gasteiger partial charge in [-0.2, -0.15) is 0 Å². The molecule has 10 heteroatoms. The highest BCUT2D eigenvalue weighted by Crippen LogP contribution is 2.29. The molecule has 0 fully saturated rings. The van der Waals surface area contributed by atoms with Crippen LogP contribution in [0, 0.1) is 5.82 Å². The van der Waals surface area contributed by atoms with Crippen LogP contribution in [0.25, 0.3) is 17.1 Å². The van der Waals surface area contributed by atoms with Crippen LogP contribution >= 0.6 is 50.9 Å². The summed E-state index contributed by atoms with van der Waals surface area (Å²) in [6.45, 7) is 0. The monoisotopic (exact) mass is 550 g/mol. The van der Waals surface area contributed by atoms with Crippen LogP contribution in [0.5, 0.6) is 0 Å². The molecule has 0 radical (unpaired) electrons. The maximum atomic E-state index is 14.0. The molecule has 1 heterocycles. The van der Waals surface area contributed by atoms with Crippen LogP contribution in [0.15, 0.2) is 76.4 Å². The predicted molar refractivity (Wildman–Crippen MR) is 130 cm³/mol. The highest BCUT2D eigenvalue weighted by molar-refractivity contribution is 9.10. The lowest BCUT2D eigenvalue weighted by molar-refractivity contribution is -0.113. The van der Waals surface area contributed by atoms with Crippen molar-refractivity contribution in [2.75, 3.05) is 11.1 Å². The molecule has 0 unspecified atom stereocenters. The first-order valence-corrected chi connectivity index (χ1v) is 11.8. The first-order chi connectivity index (χ1) is 15.4. The molecule has 4 rings (SSSR count). The molecule has 0 aliphatic heterocycles. The van der Waals surface area contributed by atoms with Crippen molar-refractivity contribution in [3.63, 3.8) is 0 Å². The van der Waals surface area contributed by atoms with Gasteiger partial charge < -0.3 is 5.32 Å². The minimum absolute atomic E-state index is 0.0157. The second-order valence-corrected chi connectivity index (χ2v) is 9.32. The van der Waals surface area contributed by atoms with Crippen molar-refractivity contribution in [2.24, 2.45) is 0 Å². The number of hydrogen-bond acceptors (Lipinski definition) is 4. The van der Waals surface area contributed by atoms with E-state index >= 15 is 0 Å². The number of nitrogens with zero attached hydrogens (tertiary/aromatic N) is 3. The van der Waals surface area contributed by atoms with E-state index in [1.54, 1.807) is 30.3 Å². The fraction of sp³-hybridized carbons (Fsp3) is 0.0455. The zero-order chi connectivity index (χ0) is 22.7. The Balaban J connectivity index is 1.60. The van der Waals surface area contributed by atoms with Gasteiger partial charge in [0.2, 0.25) is 5.91 Å². The normalized spacial score (nSPS) is 10.9. The first-order valence-electron chi connectivity index (χ1n) is 9.26. The maximum Gasteiger partial charge on any atom is 0.234 e. The number of nitrogens with one attached hydrogen (secondary N) is 1. The van der Waals surface area contributed by atoms with Crippen LogP contribution in [-0.4, -0.2) is 26.4 Å². The number of carbonyl (C=O) groups is 1. The molecular weight excluding hydrogens is 538 g/mol. The summed E-state index contributed by atoms with van der Waals surface area (Å²) < 4.78 is 16.4. The highest BCUT2D eigenvalue weighted by Gasteiger charge is 2.18. The Bertz CT molecular complexity index is 1270. The van der Waals surface area contributed by atoms with Crippen molar-refractivity contribution in [1.29, 1.82) is 0 Å². The van der Waals surface area contributed by atoms with E-state index in [1.165, 1.54) is 23.9 Å². The molecule has 0 saturated heterocycles. The van der Waals surface area contributed by atoms with E-state index in [4.69, 9.17) is 23.2 Å². The molecule has 3 aromatic carbocycles. The van der Waals surface area contributed by atoms with E-state index in [2.05, 4.69) is 31.4 Å². The van der Waals surface area contributed by atoms with Gasteiger partial charge in [0.15, 0.2) is 11.0 Å². The van der Waals surface area contributed by atoms with Crippen molar-refractivity contribution in [1.82, 2.24) is 14.8 Å². The summed E-state index contributed by atoms with van der Waals surface area (Å²) in [7, 11) is 0. The SMILES string of the molecule is O=C(CSc1nnc(-c2ccc(Cl)cc2)n1-c1ccc(Cl)cc1)Nc1ccc(Br)cc1F. The van der Waals surface area contributed by atoms with Gasteiger partial charge in [0.1, 0.15) is 5.82 Å². The molecule has 0 aliphatic rings. The zero-order valence-corrected chi connectivity index (χ0v) is 20.1. The Kier molecular flexibility index (Phi) is 7.15. The highest BCUT2D eigenvalue weighted by atomic mass is 79.9. The van der Waals surface area contributed by atoms with Gasteiger partial charge in [-0.3, -0.25) is 9.36 Å². The lowest BCUT2D eigenvalue weighted by Crippen LogP contribution is -2.15. The lowest BCUT2D eigenvalue weighted by atomic mass is 10.2. The molecule has 0 aliphatic carbocycles. The summed E-state index contributed by atoms with van der Waals surface area (Å²) in [5, 5.41) is 12.9. The Hall–Kier alpha value is -2.39. The fourth-order valence-corrected chi connectivity index (χ4v) is 4.22. The summed E-state index contributed by atoms with van der Waals surface area (Å²) in [6.07, 6.45) is 0. The van der Waals surface area contributed by atoms with Gasteiger partial charge in [-0.15, -0.1) is 10.2 Å². The van der Waals surface area contributed by atoms with Gasteiger partial charge >= 0.3 is 0 Å². The van der Waals surface area contributed by atoms with E-state index in [9.17, 15) is 9.18 Å². The number of aromatic nitrogens is 3. The average Bonchev–Trinajstić information content (AvgIpc) is 3.19. The van der Waals surface area contributed by atoms with Gasteiger partial charge in [-0.05, 0) is 66.7 Å².